The van der Waals surface area contributed by atoms with Gasteiger partial charge in [-0.1, -0.05) is 13.3 Å². The molecule has 27 heavy (non-hydrogen) atoms. The van der Waals surface area contributed by atoms with Crippen molar-refractivity contribution in [3.05, 3.63) is 59.2 Å². The lowest BCUT2D eigenvalue weighted by Gasteiger charge is -2.12. The lowest BCUT2D eigenvalue weighted by molar-refractivity contribution is 0.102. The van der Waals surface area contributed by atoms with E-state index in [1.807, 2.05) is 0 Å². The van der Waals surface area contributed by atoms with Crippen molar-refractivity contribution in [1.82, 2.24) is 0 Å². The van der Waals surface area contributed by atoms with Crippen molar-refractivity contribution in [3.63, 3.8) is 0 Å². The van der Waals surface area contributed by atoms with Gasteiger partial charge in [-0.2, -0.15) is 0 Å². The van der Waals surface area contributed by atoms with Gasteiger partial charge in [-0.15, -0.1) is 11.8 Å². The summed E-state index contributed by atoms with van der Waals surface area (Å²) in [5, 5.41) is 2.61. The molecule has 1 fully saturated rings. The average Bonchev–Trinajstić information content (AvgIpc) is 3.09. The fraction of sp³-hybridized carbons (Fsp3) is 0.350. The molecule has 3 rings (SSSR count). The maximum atomic E-state index is 14.1. The maximum absolute atomic E-state index is 14.1. The monoisotopic (exact) mass is 397 g/mol. The Balaban J connectivity index is 1.74. The molecule has 0 radical (unpaired) electrons. The van der Waals surface area contributed by atoms with Gasteiger partial charge >= 0.3 is 0 Å². The maximum Gasteiger partial charge on any atom is 0.255 e. The molecule has 1 N–H and O–H groups in total. The average molecular weight is 397 g/mol. The van der Waals surface area contributed by atoms with Gasteiger partial charge < -0.3 is 5.32 Å². The molecule has 0 aromatic heterocycles. The minimum Gasteiger partial charge on any atom is -0.322 e. The van der Waals surface area contributed by atoms with Crippen LogP contribution in [0.5, 0.6) is 0 Å². The van der Waals surface area contributed by atoms with Crippen LogP contribution in [0.25, 0.3) is 0 Å². The molecule has 7 heteroatoms. The van der Waals surface area contributed by atoms with E-state index in [2.05, 4.69) is 12.2 Å². The standard InChI is InChI=1S/C20H19F4NOS/c1-2-11-3-5-14(7-11)27-18-8-12(4-6-15(18)21)20(26)25-13-9-16(22)19(24)17(23)10-13/h4,6,8-11,14H,2-3,5,7H2,1H3,(H,25,26). The van der Waals surface area contributed by atoms with E-state index in [9.17, 15) is 22.4 Å². The molecule has 1 saturated carbocycles. The summed E-state index contributed by atoms with van der Waals surface area (Å²) in [6.45, 7) is 2.14. The number of halogens is 4. The van der Waals surface area contributed by atoms with Crippen molar-refractivity contribution in [2.24, 2.45) is 5.92 Å². The number of hydrogen-bond donors (Lipinski definition) is 1. The molecule has 2 aromatic rings. The molecule has 1 amide bonds. The summed E-state index contributed by atoms with van der Waals surface area (Å²) in [5.74, 6) is -4.80. The molecular weight excluding hydrogens is 378 g/mol. The van der Waals surface area contributed by atoms with Crippen LogP contribution >= 0.6 is 11.8 Å². The van der Waals surface area contributed by atoms with Crippen molar-refractivity contribution in [2.75, 3.05) is 5.32 Å². The van der Waals surface area contributed by atoms with Crippen LogP contribution in [-0.4, -0.2) is 11.2 Å². The second-order valence-corrected chi connectivity index (χ2v) is 8.02. The third-order valence-electron chi connectivity index (χ3n) is 4.80. The van der Waals surface area contributed by atoms with E-state index in [1.165, 1.54) is 30.0 Å². The first-order valence-electron chi connectivity index (χ1n) is 8.79. The molecule has 144 valence electrons. The topological polar surface area (TPSA) is 29.1 Å². The van der Waals surface area contributed by atoms with Crippen LogP contribution in [0.4, 0.5) is 23.2 Å². The Kier molecular flexibility index (Phi) is 6.09. The highest BCUT2D eigenvalue weighted by Gasteiger charge is 2.25. The van der Waals surface area contributed by atoms with Gasteiger partial charge in [0.25, 0.3) is 5.91 Å². The first-order valence-corrected chi connectivity index (χ1v) is 9.67. The van der Waals surface area contributed by atoms with E-state index >= 15 is 0 Å². The zero-order valence-corrected chi connectivity index (χ0v) is 15.5. The summed E-state index contributed by atoms with van der Waals surface area (Å²) in [6, 6.07) is 5.33. The number of nitrogens with one attached hydrogen (secondary N) is 1. The van der Waals surface area contributed by atoms with Crippen LogP contribution in [0.2, 0.25) is 0 Å². The normalized spacial score (nSPS) is 19.3. The van der Waals surface area contributed by atoms with Crippen LogP contribution in [0.1, 0.15) is 43.0 Å². The van der Waals surface area contributed by atoms with Gasteiger partial charge in [0.15, 0.2) is 17.5 Å². The smallest absolute Gasteiger partial charge is 0.255 e. The number of anilines is 1. The number of amides is 1. The molecule has 2 aromatic carbocycles. The number of thioether (sulfide) groups is 1. The lowest BCUT2D eigenvalue weighted by Crippen LogP contribution is -2.13. The van der Waals surface area contributed by atoms with Gasteiger partial charge in [0.05, 0.1) is 0 Å². The molecule has 1 aliphatic rings. The second kappa shape index (κ2) is 8.33. The van der Waals surface area contributed by atoms with E-state index in [1.54, 1.807) is 0 Å². The van der Waals surface area contributed by atoms with E-state index in [0.717, 1.165) is 25.7 Å². The van der Waals surface area contributed by atoms with E-state index in [4.69, 9.17) is 0 Å². The van der Waals surface area contributed by atoms with Crippen LogP contribution in [0.15, 0.2) is 35.2 Å². The SMILES string of the molecule is CCC1CCC(Sc2cc(C(=O)Nc3cc(F)c(F)c(F)c3)ccc2F)C1. The van der Waals surface area contributed by atoms with Crippen molar-refractivity contribution in [3.8, 4) is 0 Å². The Labute approximate surface area is 159 Å². The molecule has 2 atom stereocenters. The molecule has 0 aliphatic heterocycles. The fourth-order valence-electron chi connectivity index (χ4n) is 3.25. The molecule has 2 unspecified atom stereocenters. The molecule has 0 spiro atoms. The van der Waals surface area contributed by atoms with Gasteiger partial charge in [-0.05, 0) is 43.4 Å². The quantitative estimate of drug-likeness (QED) is 0.483. The minimum absolute atomic E-state index is 0.161. The second-order valence-electron chi connectivity index (χ2n) is 6.68. The Hall–Kier alpha value is -2.02. The molecule has 1 aliphatic carbocycles. The van der Waals surface area contributed by atoms with Crippen LogP contribution < -0.4 is 5.32 Å². The Morgan fingerprint density at radius 1 is 1.07 bits per heavy atom. The largest absolute Gasteiger partial charge is 0.322 e. The van der Waals surface area contributed by atoms with Gasteiger partial charge in [0.1, 0.15) is 5.82 Å². The van der Waals surface area contributed by atoms with Crippen LogP contribution in [-0.2, 0) is 0 Å². The van der Waals surface area contributed by atoms with Crippen molar-refractivity contribution < 1.29 is 22.4 Å². The molecule has 0 heterocycles. The van der Waals surface area contributed by atoms with Crippen molar-refractivity contribution >= 4 is 23.4 Å². The van der Waals surface area contributed by atoms with Gasteiger partial charge in [0.2, 0.25) is 0 Å². The molecule has 2 nitrogen and oxygen atoms in total. The summed E-state index contributed by atoms with van der Waals surface area (Å²) in [5.41, 5.74) is -0.0504. The van der Waals surface area contributed by atoms with Gasteiger partial charge in [-0.3, -0.25) is 4.79 Å². The lowest BCUT2D eigenvalue weighted by atomic mass is 10.1. The first kappa shape index (κ1) is 19.7. The summed E-state index contributed by atoms with van der Waals surface area (Å²) in [4.78, 5) is 12.7. The van der Waals surface area contributed by atoms with E-state index < -0.39 is 29.2 Å². The number of carbonyl (C=O) groups excluding carboxylic acids is 1. The van der Waals surface area contributed by atoms with Gasteiger partial charge in [-0.25, -0.2) is 17.6 Å². The zero-order valence-electron chi connectivity index (χ0n) is 14.7. The van der Waals surface area contributed by atoms with Gasteiger partial charge in [0, 0.05) is 33.5 Å². The molecule has 0 saturated heterocycles. The minimum atomic E-state index is -1.60. The number of hydrogen-bond acceptors (Lipinski definition) is 2. The van der Waals surface area contributed by atoms with Crippen molar-refractivity contribution in [1.29, 1.82) is 0 Å². The van der Waals surface area contributed by atoms with Crippen LogP contribution in [0, 0.1) is 29.2 Å². The summed E-state index contributed by atoms with van der Waals surface area (Å²) < 4.78 is 53.7. The third kappa shape index (κ3) is 4.64. The summed E-state index contributed by atoms with van der Waals surface area (Å²) in [6.07, 6.45) is 4.25. The Morgan fingerprint density at radius 2 is 1.78 bits per heavy atom. The zero-order chi connectivity index (χ0) is 19.6. The molecule has 0 bridgehead atoms. The predicted octanol–water partition coefficient (Wildman–Crippen LogP) is 6.17. The Morgan fingerprint density at radius 3 is 2.41 bits per heavy atom. The van der Waals surface area contributed by atoms with E-state index in [-0.39, 0.29) is 11.3 Å². The third-order valence-corrected chi connectivity index (χ3v) is 6.13. The molecular formula is C20H19F4NOS. The Bertz CT molecular complexity index is 835. The number of carbonyl (C=O) groups is 1. The highest BCUT2D eigenvalue weighted by molar-refractivity contribution is 8.00. The van der Waals surface area contributed by atoms with Crippen molar-refractivity contribution in [2.45, 2.75) is 42.8 Å². The summed E-state index contributed by atoms with van der Waals surface area (Å²) >= 11 is 1.42. The first-order chi connectivity index (χ1) is 12.9. The summed E-state index contributed by atoms with van der Waals surface area (Å²) in [7, 11) is 0. The highest BCUT2D eigenvalue weighted by Crippen LogP contribution is 2.40. The predicted molar refractivity (Wildman–Crippen MR) is 97.9 cm³/mol. The van der Waals surface area contributed by atoms with Crippen LogP contribution in [0.3, 0.4) is 0 Å². The number of benzene rings is 2. The highest BCUT2D eigenvalue weighted by atomic mass is 32.2. The number of rotatable bonds is 5. The van der Waals surface area contributed by atoms with E-state index in [0.29, 0.717) is 28.2 Å². The fourth-order valence-corrected chi connectivity index (χ4v) is 4.61.